The van der Waals surface area contributed by atoms with Gasteiger partial charge in [-0.3, -0.25) is 4.57 Å². The van der Waals surface area contributed by atoms with Gasteiger partial charge in [0.2, 0.25) is 0 Å². The summed E-state index contributed by atoms with van der Waals surface area (Å²) < 4.78 is 24.8. The number of nitrogens with one attached hydrogen (secondary N) is 1. The number of phenols is 1. The third-order valence-electron chi connectivity index (χ3n) is 6.42. The Balaban J connectivity index is 1.52. The number of halogens is 2. The Morgan fingerprint density at radius 1 is 1.17 bits per heavy atom. The van der Waals surface area contributed by atoms with Gasteiger partial charge in [0.05, 0.1) is 10.7 Å². The van der Waals surface area contributed by atoms with Crippen molar-refractivity contribution in [2.75, 3.05) is 25.0 Å². The van der Waals surface area contributed by atoms with Crippen molar-refractivity contribution in [1.82, 2.24) is 19.4 Å². The highest BCUT2D eigenvalue weighted by molar-refractivity contribution is 6.32. The molecular formula is C26H25ClFN5O2. The van der Waals surface area contributed by atoms with Crippen LogP contribution in [0.3, 0.4) is 0 Å². The molecule has 1 fully saturated rings. The summed E-state index contributed by atoms with van der Waals surface area (Å²) in [7, 11) is 1.74. The van der Waals surface area contributed by atoms with Crippen molar-refractivity contribution in [3.8, 4) is 33.7 Å². The number of benzene rings is 2. The lowest BCUT2D eigenvalue weighted by Gasteiger charge is -2.19. The molecule has 0 unspecified atom stereocenters. The third-order valence-corrected chi connectivity index (χ3v) is 6.72. The number of pyridine rings is 1. The number of nitrogens with zero attached hydrogens (tertiary/aromatic N) is 4. The predicted molar refractivity (Wildman–Crippen MR) is 136 cm³/mol. The van der Waals surface area contributed by atoms with Gasteiger partial charge in [0.15, 0.2) is 0 Å². The van der Waals surface area contributed by atoms with E-state index in [2.05, 4.69) is 15.2 Å². The highest BCUT2D eigenvalue weighted by atomic mass is 35.5. The molecule has 1 saturated heterocycles. The summed E-state index contributed by atoms with van der Waals surface area (Å²) in [6.45, 7) is 1.69. The van der Waals surface area contributed by atoms with Crippen LogP contribution < -0.4 is 15.9 Å². The van der Waals surface area contributed by atoms with E-state index in [9.17, 15) is 14.3 Å². The SMILES string of the molecule is [2H]Cn1ccn(-c2ccc(-c3cc(F)cc(-c4ccnc(N5CC[C@H](NC)C5)c4)c3O)cc2Cl)c1=O. The van der Waals surface area contributed by atoms with Crippen LogP contribution in [0, 0.1) is 5.82 Å². The Labute approximate surface area is 208 Å². The van der Waals surface area contributed by atoms with E-state index in [0.29, 0.717) is 28.4 Å². The van der Waals surface area contributed by atoms with Crippen LogP contribution in [0.1, 0.15) is 7.79 Å². The standard InChI is InChI=1S/C26H25ClFN5O2/c1-29-19-6-8-32(15-19)24-12-17(5-7-30-24)21-14-18(28)13-20(25(21)34)16-3-4-23(22(27)11-16)33-10-9-31(2)26(33)35/h3-5,7,9-14,19,29,34H,6,8,15H2,1-2H3/t19-/m0/s1/i2D. The van der Waals surface area contributed by atoms with Gasteiger partial charge in [-0.2, -0.15) is 0 Å². The van der Waals surface area contributed by atoms with E-state index in [4.69, 9.17) is 13.0 Å². The molecule has 2 aromatic heterocycles. The van der Waals surface area contributed by atoms with Gasteiger partial charge >= 0.3 is 5.69 Å². The minimum absolute atomic E-state index is 0.0792. The topological polar surface area (TPSA) is 75.3 Å². The fourth-order valence-corrected chi connectivity index (χ4v) is 4.74. The van der Waals surface area contributed by atoms with Crippen LogP contribution in [0.15, 0.2) is 65.8 Å². The molecule has 0 aliphatic carbocycles. The normalized spacial score (nSPS) is 16.0. The maximum Gasteiger partial charge on any atom is 0.332 e. The van der Waals surface area contributed by atoms with Crippen LogP contribution in [0.25, 0.3) is 27.9 Å². The van der Waals surface area contributed by atoms with Crippen LogP contribution >= 0.6 is 11.6 Å². The van der Waals surface area contributed by atoms with Crippen molar-refractivity contribution in [3.05, 3.63) is 82.4 Å². The largest absolute Gasteiger partial charge is 0.507 e. The molecule has 2 aromatic carbocycles. The highest BCUT2D eigenvalue weighted by Crippen LogP contribution is 2.41. The number of phenolic OH excluding ortho intramolecular Hbond substituents is 1. The van der Waals surface area contributed by atoms with Crippen molar-refractivity contribution in [2.45, 2.75) is 12.5 Å². The van der Waals surface area contributed by atoms with Crippen molar-refractivity contribution in [2.24, 2.45) is 7.02 Å². The molecular weight excluding hydrogens is 469 g/mol. The zero-order chi connectivity index (χ0) is 25.4. The number of rotatable bonds is 5. The van der Waals surface area contributed by atoms with E-state index in [1.54, 1.807) is 30.5 Å². The molecule has 7 nitrogen and oxygen atoms in total. The fourth-order valence-electron chi connectivity index (χ4n) is 4.47. The van der Waals surface area contributed by atoms with Crippen molar-refractivity contribution >= 4 is 17.4 Å². The van der Waals surface area contributed by atoms with Crippen LogP contribution in [-0.4, -0.2) is 45.4 Å². The van der Waals surface area contributed by atoms with Gasteiger partial charge in [0.1, 0.15) is 17.4 Å². The molecule has 1 atom stereocenters. The smallest absolute Gasteiger partial charge is 0.332 e. The summed E-state index contributed by atoms with van der Waals surface area (Å²) in [5.41, 5.74) is 1.82. The second kappa shape index (κ2) is 9.20. The van der Waals surface area contributed by atoms with Crippen molar-refractivity contribution < 1.29 is 10.9 Å². The molecule has 1 aliphatic rings. The molecule has 0 radical (unpaired) electrons. The molecule has 3 heterocycles. The Morgan fingerprint density at radius 3 is 2.60 bits per heavy atom. The Bertz CT molecular complexity index is 1490. The third kappa shape index (κ3) is 4.31. The van der Waals surface area contributed by atoms with E-state index in [1.807, 2.05) is 13.1 Å². The van der Waals surface area contributed by atoms with Gasteiger partial charge in [-0.15, -0.1) is 0 Å². The van der Waals surface area contributed by atoms with Gasteiger partial charge in [0, 0.05) is 57.2 Å². The number of aromatic nitrogens is 3. The van der Waals surface area contributed by atoms with Crippen LogP contribution in [-0.2, 0) is 7.02 Å². The monoisotopic (exact) mass is 494 g/mol. The average Bonchev–Trinajstić information content (AvgIpc) is 3.52. The number of aromatic hydroxyl groups is 1. The van der Waals surface area contributed by atoms with Crippen LogP contribution in [0.4, 0.5) is 10.2 Å². The fraction of sp³-hybridized carbons (Fsp3) is 0.231. The summed E-state index contributed by atoms with van der Waals surface area (Å²) in [6, 6.07) is 11.4. The minimum Gasteiger partial charge on any atom is -0.507 e. The second-order valence-corrected chi connectivity index (χ2v) is 8.97. The van der Waals surface area contributed by atoms with Crippen LogP contribution in [0.2, 0.25) is 5.02 Å². The second-order valence-electron chi connectivity index (χ2n) is 8.56. The number of aryl methyl sites for hydroxylation is 1. The number of imidazole rings is 1. The summed E-state index contributed by atoms with van der Waals surface area (Å²) >= 11 is 6.49. The van der Waals surface area contributed by atoms with E-state index < -0.39 is 5.82 Å². The van der Waals surface area contributed by atoms with Gasteiger partial charge in [0.25, 0.3) is 0 Å². The lowest BCUT2D eigenvalue weighted by molar-refractivity contribution is 0.477. The van der Waals surface area contributed by atoms with E-state index in [0.717, 1.165) is 25.3 Å². The maximum absolute atomic E-state index is 14.8. The van der Waals surface area contributed by atoms with E-state index >= 15 is 0 Å². The molecule has 5 rings (SSSR count). The maximum atomic E-state index is 14.8. The Kier molecular flexibility index (Phi) is 5.75. The Hall–Kier alpha value is -3.62. The lowest BCUT2D eigenvalue weighted by Crippen LogP contribution is -2.29. The molecule has 0 bridgehead atoms. The molecule has 4 aromatic rings. The average molecular weight is 495 g/mol. The Morgan fingerprint density at radius 2 is 1.94 bits per heavy atom. The van der Waals surface area contributed by atoms with E-state index in [-0.39, 0.29) is 29.0 Å². The first kappa shape index (κ1) is 21.9. The molecule has 1 aliphatic heterocycles. The molecule has 2 N–H and O–H groups in total. The summed E-state index contributed by atoms with van der Waals surface area (Å²) in [5, 5.41) is 14.7. The number of likely N-dealkylation sites (N-methyl/N-ethyl adjacent to an activating group) is 1. The van der Waals surface area contributed by atoms with Gasteiger partial charge in [-0.05, 0) is 61.0 Å². The first-order valence-electron chi connectivity index (χ1n) is 11.9. The molecule has 180 valence electrons. The molecule has 9 heteroatoms. The summed E-state index contributed by atoms with van der Waals surface area (Å²) in [5.74, 6) is 0.189. The zero-order valence-corrected chi connectivity index (χ0v) is 19.8. The number of hydrogen-bond acceptors (Lipinski definition) is 5. The van der Waals surface area contributed by atoms with Crippen molar-refractivity contribution in [3.63, 3.8) is 0 Å². The van der Waals surface area contributed by atoms with Crippen LogP contribution in [0.5, 0.6) is 5.75 Å². The van der Waals surface area contributed by atoms with Crippen molar-refractivity contribution in [1.29, 1.82) is 0 Å². The molecule has 35 heavy (non-hydrogen) atoms. The zero-order valence-electron chi connectivity index (χ0n) is 20.1. The first-order chi connectivity index (χ1) is 17.4. The summed E-state index contributed by atoms with van der Waals surface area (Å²) in [4.78, 5) is 19.1. The lowest BCUT2D eigenvalue weighted by atomic mass is 9.97. The number of hydrogen-bond donors (Lipinski definition) is 2. The minimum atomic E-state index is -0.503. The number of anilines is 1. The predicted octanol–water partition coefficient (Wildman–Crippen LogP) is 4.20. The quantitative estimate of drug-likeness (QED) is 0.435. The molecule has 0 saturated carbocycles. The highest BCUT2D eigenvalue weighted by Gasteiger charge is 2.23. The van der Waals surface area contributed by atoms with Gasteiger partial charge < -0.3 is 19.9 Å². The first-order valence-corrected chi connectivity index (χ1v) is 11.6. The van der Waals surface area contributed by atoms with Gasteiger partial charge in [-0.25, -0.2) is 14.2 Å². The molecule has 0 spiro atoms. The molecule has 0 amide bonds. The summed E-state index contributed by atoms with van der Waals surface area (Å²) in [6.07, 6.45) is 5.71. The van der Waals surface area contributed by atoms with Gasteiger partial charge in [-0.1, -0.05) is 17.7 Å². The van der Waals surface area contributed by atoms with E-state index in [1.165, 1.54) is 33.7 Å².